The van der Waals surface area contributed by atoms with Gasteiger partial charge in [0.05, 0.1) is 11.5 Å². The summed E-state index contributed by atoms with van der Waals surface area (Å²) in [6, 6.07) is 19.8. The van der Waals surface area contributed by atoms with Crippen LogP contribution in [-0.4, -0.2) is 49.7 Å². The Morgan fingerprint density at radius 3 is 2.29 bits per heavy atom. The van der Waals surface area contributed by atoms with E-state index in [1.165, 1.54) is 36.2 Å². The Balaban J connectivity index is 1.54. The number of hydrogen-bond acceptors (Lipinski definition) is 4. The van der Waals surface area contributed by atoms with Crippen LogP contribution in [0.25, 0.3) is 0 Å². The van der Waals surface area contributed by atoms with Crippen LogP contribution >= 0.6 is 0 Å². The van der Waals surface area contributed by atoms with Gasteiger partial charge in [0, 0.05) is 48.2 Å². The Bertz CT molecular complexity index is 1230. The van der Waals surface area contributed by atoms with Gasteiger partial charge in [-0.3, -0.25) is 19.7 Å². The van der Waals surface area contributed by atoms with Crippen molar-refractivity contribution >= 4 is 17.5 Å². The highest BCUT2D eigenvalue weighted by Crippen LogP contribution is 2.25. The molecule has 8 nitrogen and oxygen atoms in total. The number of hydrogen-bond donors (Lipinski definition) is 0. The van der Waals surface area contributed by atoms with Gasteiger partial charge in [0.2, 0.25) is 5.91 Å². The zero-order chi connectivity index (χ0) is 27.1. The topological polar surface area (TPSA) is 88.7 Å². The van der Waals surface area contributed by atoms with Crippen LogP contribution in [0.15, 0.2) is 72.9 Å². The molecule has 0 saturated heterocycles. The molecule has 0 spiro atoms. The molecule has 38 heavy (non-hydrogen) atoms. The van der Waals surface area contributed by atoms with E-state index in [4.69, 9.17) is 0 Å². The summed E-state index contributed by atoms with van der Waals surface area (Å²) in [5.41, 5.74) is 2.51. The van der Waals surface area contributed by atoms with E-state index in [1.54, 1.807) is 4.90 Å². The Hall–Kier alpha value is -3.94. The summed E-state index contributed by atoms with van der Waals surface area (Å²) in [7, 11) is 0. The molecule has 0 N–H and O–H groups in total. The van der Waals surface area contributed by atoms with Crippen LogP contribution in [0.3, 0.4) is 0 Å². The second-order valence-corrected chi connectivity index (χ2v) is 10.3. The summed E-state index contributed by atoms with van der Waals surface area (Å²) in [6.07, 6.45) is 7.33. The minimum Gasteiger partial charge on any atom is -0.345 e. The van der Waals surface area contributed by atoms with Crippen LogP contribution in [0.1, 0.15) is 67.6 Å². The van der Waals surface area contributed by atoms with Crippen LogP contribution in [0.5, 0.6) is 0 Å². The Kier molecular flexibility index (Phi) is 8.94. The second-order valence-electron chi connectivity index (χ2n) is 10.3. The molecule has 0 bridgehead atoms. The maximum Gasteiger partial charge on any atom is 0.269 e. The molecule has 1 aliphatic carbocycles. The Morgan fingerprint density at radius 1 is 0.974 bits per heavy atom. The van der Waals surface area contributed by atoms with Crippen molar-refractivity contribution in [2.24, 2.45) is 0 Å². The third-order valence-electron chi connectivity index (χ3n) is 7.30. The van der Waals surface area contributed by atoms with E-state index < -0.39 is 4.92 Å². The molecule has 2 amide bonds. The predicted octanol–water partition coefficient (Wildman–Crippen LogP) is 5.66. The number of non-ortho nitro benzene ring substituents is 1. The smallest absolute Gasteiger partial charge is 0.269 e. The fourth-order valence-electron chi connectivity index (χ4n) is 5.13. The van der Waals surface area contributed by atoms with Crippen LogP contribution in [0.4, 0.5) is 5.69 Å². The van der Waals surface area contributed by atoms with E-state index in [9.17, 15) is 19.7 Å². The largest absolute Gasteiger partial charge is 0.345 e. The molecular weight excluding hydrogens is 480 g/mol. The van der Waals surface area contributed by atoms with Crippen molar-refractivity contribution < 1.29 is 14.5 Å². The van der Waals surface area contributed by atoms with Gasteiger partial charge in [0.15, 0.2) is 0 Å². The summed E-state index contributed by atoms with van der Waals surface area (Å²) >= 11 is 0. The van der Waals surface area contributed by atoms with Crippen LogP contribution in [0.2, 0.25) is 0 Å². The van der Waals surface area contributed by atoms with Gasteiger partial charge in [0.25, 0.3) is 11.6 Å². The molecule has 1 aromatic heterocycles. The number of nitrogens with zero attached hydrogens (tertiary/aromatic N) is 4. The van der Waals surface area contributed by atoms with E-state index >= 15 is 0 Å². The van der Waals surface area contributed by atoms with Crippen molar-refractivity contribution in [2.75, 3.05) is 6.54 Å². The van der Waals surface area contributed by atoms with E-state index in [0.29, 0.717) is 12.1 Å². The molecule has 1 saturated carbocycles. The summed E-state index contributed by atoms with van der Waals surface area (Å²) in [4.78, 5) is 41.3. The average molecular weight is 517 g/mol. The molecule has 1 fully saturated rings. The summed E-state index contributed by atoms with van der Waals surface area (Å²) < 4.78 is 2.18. The third-order valence-corrected chi connectivity index (χ3v) is 7.30. The molecular formula is C30H36N4O4. The van der Waals surface area contributed by atoms with Crippen molar-refractivity contribution in [3.05, 3.63) is 99.9 Å². The normalized spacial score (nSPS) is 13.9. The summed E-state index contributed by atoms with van der Waals surface area (Å²) in [6.45, 7) is 4.94. The molecule has 3 aromatic rings. The average Bonchev–Trinajstić information content (AvgIpc) is 3.37. The molecule has 0 atom stereocenters. The van der Waals surface area contributed by atoms with Gasteiger partial charge in [-0.15, -0.1) is 0 Å². The first-order chi connectivity index (χ1) is 18.3. The van der Waals surface area contributed by atoms with E-state index in [0.717, 1.165) is 37.9 Å². The number of rotatable bonds is 10. The number of aromatic nitrogens is 1. The molecule has 200 valence electrons. The fraction of sp³-hybridized carbons (Fsp3) is 0.400. The number of benzene rings is 2. The molecule has 4 rings (SSSR count). The van der Waals surface area contributed by atoms with Gasteiger partial charge < -0.3 is 14.4 Å². The van der Waals surface area contributed by atoms with Crippen molar-refractivity contribution in [1.29, 1.82) is 0 Å². The number of carbonyl (C=O) groups excluding carboxylic acids is 2. The molecule has 1 aliphatic rings. The lowest BCUT2D eigenvalue weighted by Crippen LogP contribution is -2.49. The maximum absolute atomic E-state index is 13.9. The van der Waals surface area contributed by atoms with E-state index in [2.05, 4.69) is 22.8 Å². The molecule has 0 unspecified atom stereocenters. The van der Waals surface area contributed by atoms with Gasteiger partial charge in [-0.25, -0.2) is 0 Å². The van der Waals surface area contributed by atoms with E-state index in [-0.39, 0.29) is 36.1 Å². The van der Waals surface area contributed by atoms with E-state index in [1.807, 2.05) is 49.2 Å². The highest BCUT2D eigenvalue weighted by molar-refractivity contribution is 5.97. The number of amides is 2. The number of nitro groups is 1. The molecule has 0 aliphatic heterocycles. The fourth-order valence-corrected chi connectivity index (χ4v) is 5.13. The third kappa shape index (κ3) is 6.68. The zero-order valence-corrected chi connectivity index (χ0v) is 22.2. The first-order valence-corrected chi connectivity index (χ1v) is 13.4. The Morgan fingerprint density at radius 2 is 1.66 bits per heavy atom. The molecule has 8 heteroatoms. The SMILES string of the molecule is CC(C)N(CC(=O)N(Cc1cccn1Cc1ccccc1)C1CCCCC1)C(=O)c1ccc([N+](=O)[O-])cc1. The monoisotopic (exact) mass is 516 g/mol. The second kappa shape index (κ2) is 12.5. The molecule has 0 radical (unpaired) electrons. The van der Waals surface area contributed by atoms with Crippen molar-refractivity contribution in [1.82, 2.24) is 14.4 Å². The van der Waals surface area contributed by atoms with Crippen molar-refractivity contribution in [3.8, 4) is 0 Å². The lowest BCUT2D eigenvalue weighted by Gasteiger charge is -2.37. The lowest BCUT2D eigenvalue weighted by molar-refractivity contribution is -0.384. The number of nitro benzene ring substituents is 1. The zero-order valence-electron chi connectivity index (χ0n) is 22.2. The van der Waals surface area contributed by atoms with Crippen molar-refractivity contribution in [3.63, 3.8) is 0 Å². The van der Waals surface area contributed by atoms with Crippen LogP contribution < -0.4 is 0 Å². The highest BCUT2D eigenvalue weighted by atomic mass is 16.6. The van der Waals surface area contributed by atoms with Crippen LogP contribution in [-0.2, 0) is 17.9 Å². The molecule has 1 heterocycles. The number of carbonyl (C=O) groups is 2. The van der Waals surface area contributed by atoms with Gasteiger partial charge in [-0.2, -0.15) is 0 Å². The quantitative estimate of drug-likeness (QED) is 0.257. The standard InChI is InChI=1S/C30H36N4O4/c1-23(2)32(30(36)25-15-17-27(18-16-25)34(37)38)22-29(35)33(26-12-7-4-8-13-26)21-28-14-9-19-31(28)20-24-10-5-3-6-11-24/h3,5-6,9-11,14-19,23,26H,4,7-8,12-13,20-22H2,1-2H3. The highest BCUT2D eigenvalue weighted by Gasteiger charge is 2.30. The predicted molar refractivity (Wildman–Crippen MR) is 147 cm³/mol. The molecule has 2 aromatic carbocycles. The minimum atomic E-state index is -0.492. The first kappa shape index (κ1) is 27.1. The minimum absolute atomic E-state index is 0.0383. The van der Waals surface area contributed by atoms with Gasteiger partial charge in [-0.05, 0) is 56.5 Å². The van der Waals surface area contributed by atoms with Crippen molar-refractivity contribution in [2.45, 2.75) is 71.1 Å². The van der Waals surface area contributed by atoms with Gasteiger partial charge in [0.1, 0.15) is 6.54 Å². The summed E-state index contributed by atoms with van der Waals surface area (Å²) in [5, 5.41) is 11.0. The lowest BCUT2D eigenvalue weighted by atomic mass is 9.94. The first-order valence-electron chi connectivity index (χ1n) is 13.4. The Labute approximate surface area is 224 Å². The van der Waals surface area contributed by atoms with Gasteiger partial charge >= 0.3 is 0 Å². The van der Waals surface area contributed by atoms with Gasteiger partial charge in [-0.1, -0.05) is 49.6 Å². The summed E-state index contributed by atoms with van der Waals surface area (Å²) in [5.74, 6) is -0.382. The maximum atomic E-state index is 13.9. The van der Waals surface area contributed by atoms with Crippen LogP contribution in [0, 0.1) is 10.1 Å².